The zero-order valence-electron chi connectivity index (χ0n) is 9.65. The van der Waals surface area contributed by atoms with E-state index in [9.17, 15) is 4.79 Å². The highest BCUT2D eigenvalue weighted by Gasteiger charge is 2.09. The lowest BCUT2D eigenvalue weighted by Crippen LogP contribution is -2.14. The number of carbonyl (C=O) groups excluding carboxylic acids is 1. The maximum Gasteiger partial charge on any atom is 0.274 e. The molecule has 0 saturated carbocycles. The van der Waals surface area contributed by atoms with Crippen LogP contribution in [0.1, 0.15) is 10.5 Å². The molecule has 0 unspecified atom stereocenters. The summed E-state index contributed by atoms with van der Waals surface area (Å²) in [6.45, 7) is 0. The third-order valence-corrected chi connectivity index (χ3v) is 3.33. The summed E-state index contributed by atoms with van der Waals surface area (Å²) in [5, 5.41) is 3.19. The minimum atomic E-state index is -0.327. The van der Waals surface area contributed by atoms with Gasteiger partial charge in [-0.15, -0.1) is 0 Å². The number of carbonyl (C=O) groups is 1. The standard InChI is InChI=1S/C12H10ClIN4O/c13-9-5-7(14)1-3-10(9)17-12(19)11-4-2-8(18-15)6-16-11/h1-6,18H,15H2,(H,17,19). The molecule has 1 amide bonds. The Labute approximate surface area is 128 Å². The van der Waals surface area contributed by atoms with Crippen molar-refractivity contribution < 1.29 is 4.79 Å². The summed E-state index contributed by atoms with van der Waals surface area (Å²) in [6, 6.07) is 8.61. The van der Waals surface area contributed by atoms with Crippen LogP contribution >= 0.6 is 34.2 Å². The van der Waals surface area contributed by atoms with Gasteiger partial charge >= 0.3 is 0 Å². The fraction of sp³-hybridized carbons (Fsp3) is 0. The van der Waals surface area contributed by atoms with E-state index in [4.69, 9.17) is 17.4 Å². The molecule has 1 heterocycles. The Morgan fingerprint density at radius 1 is 1.32 bits per heavy atom. The summed E-state index contributed by atoms with van der Waals surface area (Å²) < 4.78 is 0.997. The van der Waals surface area contributed by atoms with Crippen molar-refractivity contribution in [1.29, 1.82) is 0 Å². The van der Waals surface area contributed by atoms with Crippen LogP contribution in [0.25, 0.3) is 0 Å². The minimum absolute atomic E-state index is 0.286. The van der Waals surface area contributed by atoms with Gasteiger partial charge in [-0.25, -0.2) is 4.98 Å². The van der Waals surface area contributed by atoms with Gasteiger partial charge in [0.2, 0.25) is 0 Å². The number of nitrogen functional groups attached to an aromatic ring is 1. The van der Waals surface area contributed by atoms with E-state index in [2.05, 4.69) is 38.3 Å². The van der Waals surface area contributed by atoms with Crippen LogP contribution < -0.4 is 16.6 Å². The number of nitrogens with two attached hydrogens (primary N) is 1. The number of amides is 1. The number of hydrogen-bond donors (Lipinski definition) is 3. The number of nitrogens with zero attached hydrogens (tertiary/aromatic N) is 1. The van der Waals surface area contributed by atoms with E-state index in [1.165, 1.54) is 6.20 Å². The lowest BCUT2D eigenvalue weighted by molar-refractivity contribution is 0.102. The Morgan fingerprint density at radius 2 is 2.11 bits per heavy atom. The molecule has 98 valence electrons. The molecule has 0 saturated heterocycles. The van der Waals surface area contributed by atoms with E-state index >= 15 is 0 Å². The summed E-state index contributed by atoms with van der Waals surface area (Å²) in [4.78, 5) is 16.0. The van der Waals surface area contributed by atoms with E-state index < -0.39 is 0 Å². The SMILES string of the molecule is NNc1ccc(C(=O)Nc2ccc(I)cc2Cl)nc1. The Bertz CT molecular complexity index is 603. The molecular weight excluding hydrogens is 379 g/mol. The van der Waals surface area contributed by atoms with Crippen molar-refractivity contribution in [1.82, 2.24) is 4.98 Å². The predicted octanol–water partition coefficient (Wildman–Crippen LogP) is 2.88. The number of pyridine rings is 1. The Balaban J connectivity index is 2.15. The minimum Gasteiger partial charge on any atom is -0.323 e. The second kappa shape index (κ2) is 6.18. The summed E-state index contributed by atoms with van der Waals surface area (Å²) in [6.07, 6.45) is 1.48. The molecule has 7 heteroatoms. The van der Waals surface area contributed by atoms with Gasteiger partial charge in [-0.05, 0) is 52.9 Å². The Hall–Kier alpha value is -1.38. The number of rotatable bonds is 3. The second-order valence-corrected chi connectivity index (χ2v) is 5.31. The van der Waals surface area contributed by atoms with Crippen LogP contribution in [-0.4, -0.2) is 10.9 Å². The molecule has 0 aliphatic rings. The maximum absolute atomic E-state index is 12.0. The molecule has 2 aromatic rings. The number of aromatic nitrogens is 1. The number of benzene rings is 1. The van der Waals surface area contributed by atoms with Crippen molar-refractivity contribution in [2.75, 3.05) is 10.7 Å². The van der Waals surface area contributed by atoms with Gasteiger partial charge < -0.3 is 10.7 Å². The van der Waals surface area contributed by atoms with Gasteiger partial charge in [-0.1, -0.05) is 11.6 Å². The molecule has 5 nitrogen and oxygen atoms in total. The largest absolute Gasteiger partial charge is 0.323 e. The topological polar surface area (TPSA) is 80.0 Å². The van der Waals surface area contributed by atoms with Gasteiger partial charge in [0.1, 0.15) is 5.69 Å². The summed E-state index contributed by atoms with van der Waals surface area (Å²) in [5.74, 6) is 4.90. The van der Waals surface area contributed by atoms with E-state index in [-0.39, 0.29) is 11.6 Å². The predicted molar refractivity (Wildman–Crippen MR) is 84.2 cm³/mol. The first-order chi connectivity index (χ1) is 9.10. The number of hydrazine groups is 1. The molecule has 1 aromatic carbocycles. The van der Waals surface area contributed by atoms with Crippen LogP contribution in [0.5, 0.6) is 0 Å². The van der Waals surface area contributed by atoms with Crippen LogP contribution in [0.4, 0.5) is 11.4 Å². The molecule has 0 aliphatic carbocycles. The highest BCUT2D eigenvalue weighted by Crippen LogP contribution is 2.24. The van der Waals surface area contributed by atoms with Crippen molar-refractivity contribution in [3.05, 3.63) is 50.8 Å². The lowest BCUT2D eigenvalue weighted by Gasteiger charge is -2.07. The second-order valence-electron chi connectivity index (χ2n) is 3.65. The number of anilines is 2. The molecule has 19 heavy (non-hydrogen) atoms. The monoisotopic (exact) mass is 388 g/mol. The molecule has 1 aromatic heterocycles. The molecule has 0 spiro atoms. The summed E-state index contributed by atoms with van der Waals surface area (Å²) >= 11 is 8.19. The van der Waals surface area contributed by atoms with Gasteiger partial charge in [-0.2, -0.15) is 0 Å². The van der Waals surface area contributed by atoms with Gasteiger partial charge in [0, 0.05) is 3.57 Å². The van der Waals surface area contributed by atoms with Crippen molar-refractivity contribution in [2.45, 2.75) is 0 Å². The van der Waals surface area contributed by atoms with Crippen molar-refractivity contribution >= 4 is 51.5 Å². The van der Waals surface area contributed by atoms with Crippen LogP contribution in [0.3, 0.4) is 0 Å². The average molecular weight is 389 g/mol. The fourth-order valence-electron chi connectivity index (χ4n) is 1.39. The molecule has 0 aliphatic heterocycles. The van der Waals surface area contributed by atoms with Crippen molar-refractivity contribution in [2.24, 2.45) is 5.84 Å². The molecular formula is C12H10ClIN4O. The van der Waals surface area contributed by atoms with Gasteiger partial charge in [0.15, 0.2) is 0 Å². The normalized spacial score (nSPS) is 10.1. The van der Waals surface area contributed by atoms with Crippen LogP contribution in [0.15, 0.2) is 36.5 Å². The first-order valence-electron chi connectivity index (χ1n) is 5.29. The molecule has 4 N–H and O–H groups in total. The maximum atomic E-state index is 12.0. The Kier molecular flexibility index (Phi) is 4.56. The molecule has 2 rings (SSSR count). The van der Waals surface area contributed by atoms with E-state index in [1.807, 2.05) is 6.07 Å². The zero-order chi connectivity index (χ0) is 13.8. The lowest BCUT2D eigenvalue weighted by atomic mass is 10.3. The average Bonchev–Trinajstić information content (AvgIpc) is 2.42. The molecule has 0 radical (unpaired) electrons. The van der Waals surface area contributed by atoms with Gasteiger partial charge in [0.25, 0.3) is 5.91 Å². The summed E-state index contributed by atoms with van der Waals surface area (Å²) in [7, 11) is 0. The third-order valence-electron chi connectivity index (χ3n) is 2.34. The highest BCUT2D eigenvalue weighted by molar-refractivity contribution is 14.1. The van der Waals surface area contributed by atoms with Crippen molar-refractivity contribution in [3.8, 4) is 0 Å². The Morgan fingerprint density at radius 3 is 2.68 bits per heavy atom. The van der Waals surface area contributed by atoms with Crippen molar-refractivity contribution in [3.63, 3.8) is 0 Å². The van der Waals surface area contributed by atoms with E-state index in [0.717, 1.165) is 3.57 Å². The van der Waals surface area contributed by atoms with E-state index in [1.54, 1.807) is 24.3 Å². The molecule has 0 fully saturated rings. The smallest absolute Gasteiger partial charge is 0.274 e. The number of nitrogens with one attached hydrogen (secondary N) is 2. The molecule has 0 bridgehead atoms. The first-order valence-corrected chi connectivity index (χ1v) is 6.75. The zero-order valence-corrected chi connectivity index (χ0v) is 12.6. The first kappa shape index (κ1) is 14.0. The molecule has 0 atom stereocenters. The highest BCUT2D eigenvalue weighted by atomic mass is 127. The number of hydrogen-bond acceptors (Lipinski definition) is 4. The quantitative estimate of drug-likeness (QED) is 0.429. The third kappa shape index (κ3) is 3.55. The van der Waals surface area contributed by atoms with Gasteiger partial charge in [-0.3, -0.25) is 10.6 Å². The van der Waals surface area contributed by atoms with Crippen LogP contribution in [0, 0.1) is 3.57 Å². The van der Waals surface area contributed by atoms with Crippen LogP contribution in [-0.2, 0) is 0 Å². The van der Waals surface area contributed by atoms with E-state index in [0.29, 0.717) is 16.4 Å². The van der Waals surface area contributed by atoms with Gasteiger partial charge in [0.05, 0.1) is 22.6 Å². The fourth-order valence-corrected chi connectivity index (χ4v) is 2.29. The number of halogens is 2. The summed E-state index contributed by atoms with van der Waals surface area (Å²) in [5.41, 5.74) is 3.91. The van der Waals surface area contributed by atoms with Crippen LogP contribution in [0.2, 0.25) is 5.02 Å².